The summed E-state index contributed by atoms with van der Waals surface area (Å²) in [6.45, 7) is 4.22. The van der Waals surface area contributed by atoms with Crippen LogP contribution in [0.25, 0.3) is 5.65 Å². The second-order valence-corrected chi connectivity index (χ2v) is 5.52. The molecule has 25 heavy (non-hydrogen) atoms. The van der Waals surface area contributed by atoms with Crippen molar-refractivity contribution in [3.05, 3.63) is 75.0 Å². The summed E-state index contributed by atoms with van der Waals surface area (Å²) in [7, 11) is 0. The molecule has 0 radical (unpaired) electrons. The largest absolute Gasteiger partial charge is 0.376 e. The Kier molecular flexibility index (Phi) is 4.42. The molecular weight excluding hydrogens is 322 g/mol. The van der Waals surface area contributed by atoms with Crippen molar-refractivity contribution in [2.45, 2.75) is 19.9 Å². The lowest BCUT2D eigenvalue weighted by Crippen LogP contribution is -2.31. The average molecular weight is 339 g/mol. The highest BCUT2D eigenvalue weighted by atomic mass is 16.6. The zero-order valence-corrected chi connectivity index (χ0v) is 13.9. The summed E-state index contributed by atoms with van der Waals surface area (Å²) in [5, 5.41) is 11.6. The lowest BCUT2D eigenvalue weighted by molar-refractivity contribution is -0.385. The van der Waals surface area contributed by atoms with E-state index in [-0.39, 0.29) is 11.9 Å². The third-order valence-corrected chi connectivity index (χ3v) is 4.12. The summed E-state index contributed by atoms with van der Waals surface area (Å²) in [5.74, 6) is 0.0695. The number of aromatic nitrogens is 3. The van der Waals surface area contributed by atoms with Crippen molar-refractivity contribution in [1.29, 1.82) is 0 Å². The minimum Gasteiger partial charge on any atom is -0.344 e. The Morgan fingerprint density at radius 1 is 1.32 bits per heavy atom. The quantitative estimate of drug-likeness (QED) is 0.524. The zero-order chi connectivity index (χ0) is 18.0. The lowest BCUT2D eigenvalue weighted by Gasteiger charge is -2.28. The Hall–Kier alpha value is -3.29. The molecule has 8 nitrogen and oxygen atoms in total. The maximum absolute atomic E-state index is 12.6. The van der Waals surface area contributed by atoms with Gasteiger partial charge in [-0.25, -0.2) is 4.98 Å². The van der Waals surface area contributed by atoms with E-state index < -0.39 is 16.2 Å². The van der Waals surface area contributed by atoms with E-state index in [0.717, 1.165) is 5.56 Å². The van der Waals surface area contributed by atoms with Gasteiger partial charge in [0.05, 0.1) is 11.0 Å². The summed E-state index contributed by atoms with van der Waals surface area (Å²) < 4.78 is 1.18. The number of fused-ring (bicyclic) bond motifs is 1. The van der Waals surface area contributed by atoms with Crippen LogP contribution in [0.2, 0.25) is 0 Å². The van der Waals surface area contributed by atoms with Crippen LogP contribution in [0, 0.1) is 10.1 Å². The van der Waals surface area contributed by atoms with Gasteiger partial charge in [-0.2, -0.15) is 0 Å². The van der Waals surface area contributed by atoms with E-state index in [9.17, 15) is 14.9 Å². The number of rotatable bonds is 5. The van der Waals surface area contributed by atoms with Crippen molar-refractivity contribution < 1.29 is 4.92 Å². The Bertz CT molecular complexity index is 971. The molecule has 3 aromatic heterocycles. The van der Waals surface area contributed by atoms with Crippen LogP contribution in [0.5, 0.6) is 0 Å². The summed E-state index contributed by atoms with van der Waals surface area (Å²) >= 11 is 0. The molecule has 0 aliphatic heterocycles. The third kappa shape index (κ3) is 2.93. The van der Waals surface area contributed by atoms with Crippen LogP contribution in [-0.4, -0.2) is 25.8 Å². The standard InChI is InChI=1S/C17H17N5O3/c1-3-20(12(2)13-7-6-9-18-11-13)16-15(22(24)25)17(23)21-10-5-4-8-14(21)19-16/h4-12H,3H2,1-2H3. The highest BCUT2D eigenvalue weighted by Gasteiger charge is 2.29. The van der Waals surface area contributed by atoms with Crippen LogP contribution >= 0.6 is 0 Å². The molecule has 128 valence electrons. The summed E-state index contributed by atoms with van der Waals surface area (Å²) in [5.41, 5.74) is 0.0300. The first kappa shape index (κ1) is 16.6. The van der Waals surface area contributed by atoms with Gasteiger partial charge in [0.15, 0.2) is 0 Å². The van der Waals surface area contributed by atoms with E-state index in [2.05, 4.69) is 9.97 Å². The number of pyridine rings is 2. The van der Waals surface area contributed by atoms with E-state index in [1.807, 2.05) is 19.9 Å². The number of anilines is 1. The molecule has 0 saturated carbocycles. The third-order valence-electron chi connectivity index (χ3n) is 4.12. The fourth-order valence-corrected chi connectivity index (χ4v) is 2.84. The van der Waals surface area contributed by atoms with Gasteiger partial charge in [-0.3, -0.25) is 24.3 Å². The van der Waals surface area contributed by atoms with Gasteiger partial charge in [-0.05, 0) is 37.6 Å². The maximum Gasteiger partial charge on any atom is 0.376 e. The first-order valence-corrected chi connectivity index (χ1v) is 7.87. The van der Waals surface area contributed by atoms with Crippen molar-refractivity contribution in [2.75, 3.05) is 11.4 Å². The minimum absolute atomic E-state index is 0.0695. The molecule has 0 bridgehead atoms. The lowest BCUT2D eigenvalue weighted by atomic mass is 10.1. The minimum atomic E-state index is -0.692. The summed E-state index contributed by atoms with van der Waals surface area (Å²) in [6.07, 6.45) is 4.84. The fraction of sp³-hybridized carbons (Fsp3) is 0.235. The number of hydrogen-bond donors (Lipinski definition) is 0. The molecule has 0 aliphatic rings. The molecule has 0 saturated heterocycles. The van der Waals surface area contributed by atoms with E-state index in [0.29, 0.717) is 12.2 Å². The van der Waals surface area contributed by atoms with Gasteiger partial charge in [0.25, 0.3) is 0 Å². The van der Waals surface area contributed by atoms with Gasteiger partial charge in [0, 0.05) is 25.1 Å². The predicted molar refractivity (Wildman–Crippen MR) is 93.8 cm³/mol. The van der Waals surface area contributed by atoms with Gasteiger partial charge >= 0.3 is 11.2 Å². The molecule has 1 atom stereocenters. The van der Waals surface area contributed by atoms with Gasteiger partial charge in [0.2, 0.25) is 5.82 Å². The molecule has 3 rings (SSSR count). The molecule has 3 aromatic rings. The maximum atomic E-state index is 12.6. The molecule has 0 spiro atoms. The Morgan fingerprint density at radius 3 is 2.76 bits per heavy atom. The average Bonchev–Trinajstić information content (AvgIpc) is 2.63. The van der Waals surface area contributed by atoms with Crippen molar-refractivity contribution >= 4 is 17.2 Å². The Morgan fingerprint density at radius 2 is 2.12 bits per heavy atom. The first-order chi connectivity index (χ1) is 12.0. The van der Waals surface area contributed by atoms with Gasteiger partial charge in [-0.15, -0.1) is 0 Å². The second-order valence-electron chi connectivity index (χ2n) is 5.52. The van der Waals surface area contributed by atoms with Crippen LogP contribution in [0.4, 0.5) is 11.5 Å². The molecule has 0 aliphatic carbocycles. The Balaban J connectivity index is 2.23. The number of hydrogen-bond acceptors (Lipinski definition) is 6. The monoisotopic (exact) mass is 339 g/mol. The summed E-state index contributed by atoms with van der Waals surface area (Å²) in [4.78, 5) is 33.8. The predicted octanol–water partition coefficient (Wildman–Crippen LogP) is 2.59. The number of nitrogens with zero attached hydrogens (tertiary/aromatic N) is 5. The zero-order valence-electron chi connectivity index (χ0n) is 13.9. The van der Waals surface area contributed by atoms with Crippen LogP contribution in [0.3, 0.4) is 0 Å². The van der Waals surface area contributed by atoms with E-state index >= 15 is 0 Å². The highest BCUT2D eigenvalue weighted by molar-refractivity contribution is 5.62. The number of nitro groups is 1. The fourth-order valence-electron chi connectivity index (χ4n) is 2.84. The summed E-state index contributed by atoms with van der Waals surface area (Å²) in [6, 6.07) is 8.48. The van der Waals surface area contributed by atoms with Crippen molar-refractivity contribution in [3.63, 3.8) is 0 Å². The smallest absolute Gasteiger partial charge is 0.344 e. The SMILES string of the molecule is CCN(c1nc2ccccn2c(=O)c1[N+](=O)[O-])C(C)c1cccnc1. The van der Waals surface area contributed by atoms with Gasteiger partial charge in [0.1, 0.15) is 5.65 Å². The van der Waals surface area contributed by atoms with Crippen LogP contribution < -0.4 is 10.5 Å². The normalized spacial score (nSPS) is 12.1. The van der Waals surface area contributed by atoms with E-state index in [1.165, 1.54) is 10.6 Å². The second kappa shape index (κ2) is 6.68. The van der Waals surface area contributed by atoms with E-state index in [4.69, 9.17) is 0 Å². The topological polar surface area (TPSA) is 93.6 Å². The molecule has 0 fully saturated rings. The van der Waals surface area contributed by atoms with Gasteiger partial charge in [-0.1, -0.05) is 12.1 Å². The molecule has 8 heteroatoms. The van der Waals surface area contributed by atoms with Crippen LogP contribution in [-0.2, 0) is 0 Å². The molecular formula is C17H17N5O3. The molecule has 0 amide bonds. The molecule has 0 aromatic carbocycles. The highest BCUT2D eigenvalue weighted by Crippen LogP contribution is 2.30. The molecule has 1 unspecified atom stereocenters. The molecule has 3 heterocycles. The van der Waals surface area contributed by atoms with Crippen molar-refractivity contribution in [1.82, 2.24) is 14.4 Å². The Labute approximate surface area is 143 Å². The van der Waals surface area contributed by atoms with Crippen molar-refractivity contribution in [2.24, 2.45) is 0 Å². The van der Waals surface area contributed by atoms with Crippen LogP contribution in [0.15, 0.2) is 53.7 Å². The molecule has 0 N–H and O–H groups in total. The van der Waals surface area contributed by atoms with Gasteiger partial charge < -0.3 is 4.90 Å². The van der Waals surface area contributed by atoms with E-state index in [1.54, 1.807) is 41.6 Å². The van der Waals surface area contributed by atoms with Crippen LogP contribution in [0.1, 0.15) is 25.5 Å². The first-order valence-electron chi connectivity index (χ1n) is 7.87. The van der Waals surface area contributed by atoms with Crippen molar-refractivity contribution in [3.8, 4) is 0 Å².